The van der Waals surface area contributed by atoms with Crippen molar-refractivity contribution in [2.45, 2.75) is 65.0 Å². The van der Waals surface area contributed by atoms with Gasteiger partial charge < -0.3 is 9.88 Å². The fourth-order valence-electron chi connectivity index (χ4n) is 4.66. The number of benzene rings is 1. The zero-order chi connectivity index (χ0) is 25.6. The maximum atomic E-state index is 13.1. The van der Waals surface area contributed by atoms with Gasteiger partial charge in [-0.2, -0.15) is 23.4 Å². The van der Waals surface area contributed by atoms with Crippen LogP contribution in [-0.2, 0) is 19.3 Å². The number of hydrogen-bond acceptors (Lipinski definition) is 4. The second-order valence-corrected chi connectivity index (χ2v) is 9.61. The maximum absolute atomic E-state index is 13.1. The van der Waals surface area contributed by atoms with E-state index >= 15 is 0 Å². The van der Waals surface area contributed by atoms with Gasteiger partial charge in [-0.1, -0.05) is 11.6 Å². The van der Waals surface area contributed by atoms with Gasteiger partial charge in [-0.15, -0.1) is 0 Å². The molecule has 5 rings (SSSR count). The number of alkyl halides is 3. The van der Waals surface area contributed by atoms with Crippen LogP contribution in [0, 0.1) is 0 Å². The van der Waals surface area contributed by atoms with Crippen molar-refractivity contribution >= 4 is 17.3 Å². The van der Waals surface area contributed by atoms with Gasteiger partial charge in [0.05, 0.1) is 23.0 Å². The number of hydrogen-bond donors (Lipinski definition) is 1. The Morgan fingerprint density at radius 2 is 1.94 bits per heavy atom. The first-order chi connectivity index (χ1) is 17.2. The quantitative estimate of drug-likeness (QED) is 0.304. The van der Waals surface area contributed by atoms with E-state index in [9.17, 15) is 13.2 Å². The van der Waals surface area contributed by atoms with Crippen LogP contribution in [0.4, 0.5) is 18.9 Å². The van der Waals surface area contributed by atoms with Gasteiger partial charge in [0.2, 0.25) is 0 Å². The second-order valence-electron chi connectivity index (χ2n) is 9.21. The van der Waals surface area contributed by atoms with E-state index in [0.717, 1.165) is 48.4 Å². The molecule has 0 fully saturated rings. The van der Waals surface area contributed by atoms with Crippen LogP contribution in [0.1, 0.15) is 57.1 Å². The minimum Gasteiger partial charge on any atom is -0.377 e. The van der Waals surface area contributed by atoms with E-state index in [1.165, 1.54) is 4.57 Å². The first-order valence-electron chi connectivity index (χ1n) is 12.0. The molecule has 0 saturated heterocycles. The molecule has 4 heterocycles. The number of rotatable bonds is 6. The zero-order valence-electron chi connectivity index (χ0n) is 20.2. The monoisotopic (exact) mass is 517 g/mol. The lowest BCUT2D eigenvalue weighted by Gasteiger charge is -2.25. The lowest BCUT2D eigenvalue weighted by atomic mass is 10.0. The minimum absolute atomic E-state index is 0.0366. The number of anilines is 1. The maximum Gasteiger partial charge on any atom is 0.434 e. The van der Waals surface area contributed by atoms with Crippen LogP contribution < -0.4 is 5.32 Å². The molecule has 4 aromatic rings. The summed E-state index contributed by atoms with van der Waals surface area (Å²) in [5.41, 5.74) is 3.27. The largest absolute Gasteiger partial charge is 0.434 e. The van der Waals surface area contributed by atoms with Crippen LogP contribution in [0.3, 0.4) is 0 Å². The van der Waals surface area contributed by atoms with Crippen molar-refractivity contribution in [3.8, 4) is 22.8 Å². The second kappa shape index (κ2) is 9.31. The van der Waals surface area contributed by atoms with Gasteiger partial charge in [-0.25, -0.2) is 4.98 Å². The van der Waals surface area contributed by atoms with Crippen LogP contribution in [0.25, 0.3) is 22.8 Å². The lowest BCUT2D eigenvalue weighted by Crippen LogP contribution is -2.21. The molecule has 7 nitrogen and oxygen atoms in total. The van der Waals surface area contributed by atoms with E-state index in [4.69, 9.17) is 16.7 Å². The van der Waals surface area contributed by atoms with Gasteiger partial charge in [-0.3, -0.25) is 9.36 Å². The van der Waals surface area contributed by atoms with Crippen LogP contribution >= 0.6 is 11.6 Å². The normalized spacial score (nSPS) is 15.9. The average Bonchev–Trinajstić information content (AvgIpc) is 3.55. The van der Waals surface area contributed by atoms with Crippen molar-refractivity contribution in [1.29, 1.82) is 0 Å². The molecule has 36 heavy (non-hydrogen) atoms. The predicted molar refractivity (Wildman–Crippen MR) is 133 cm³/mol. The highest BCUT2D eigenvalue weighted by Crippen LogP contribution is 2.36. The minimum atomic E-state index is -4.48. The first-order valence-corrected chi connectivity index (χ1v) is 12.4. The van der Waals surface area contributed by atoms with Crippen LogP contribution in [0.15, 0.2) is 42.7 Å². The van der Waals surface area contributed by atoms with Crippen molar-refractivity contribution in [2.24, 2.45) is 0 Å². The summed E-state index contributed by atoms with van der Waals surface area (Å²) in [4.78, 5) is 3.84. The van der Waals surface area contributed by atoms with Gasteiger partial charge in [-0.05, 0) is 63.9 Å². The highest BCUT2D eigenvalue weighted by Gasteiger charge is 2.35. The van der Waals surface area contributed by atoms with E-state index in [-0.39, 0.29) is 12.1 Å². The van der Waals surface area contributed by atoms with Gasteiger partial charge >= 0.3 is 6.18 Å². The number of halogens is 4. The van der Waals surface area contributed by atoms with E-state index in [1.807, 2.05) is 35.3 Å². The molecule has 1 N–H and O–H groups in total. The Morgan fingerprint density at radius 3 is 2.61 bits per heavy atom. The highest BCUT2D eigenvalue weighted by atomic mass is 35.5. The summed E-state index contributed by atoms with van der Waals surface area (Å²) in [6, 6.07) is 9.58. The van der Waals surface area contributed by atoms with Crippen LogP contribution in [0.5, 0.6) is 0 Å². The van der Waals surface area contributed by atoms with Crippen molar-refractivity contribution < 1.29 is 13.2 Å². The molecule has 1 unspecified atom stereocenters. The van der Waals surface area contributed by atoms with Gasteiger partial charge in [0, 0.05) is 36.6 Å². The van der Waals surface area contributed by atoms with Gasteiger partial charge in [0.15, 0.2) is 5.69 Å². The molecule has 0 saturated carbocycles. The third kappa shape index (κ3) is 4.50. The Balaban J connectivity index is 1.39. The molecule has 1 aromatic carbocycles. The molecule has 190 valence electrons. The number of aryl methyl sites for hydroxylation is 2. The predicted octanol–water partition coefficient (Wildman–Crippen LogP) is 6.83. The zero-order valence-corrected chi connectivity index (χ0v) is 21.0. The molecule has 0 radical (unpaired) electrons. The molecule has 0 amide bonds. The van der Waals surface area contributed by atoms with Crippen molar-refractivity contribution in [1.82, 2.24) is 29.1 Å². The van der Waals surface area contributed by atoms with E-state index < -0.39 is 11.9 Å². The molecule has 3 aromatic heterocycles. The molecule has 0 aliphatic carbocycles. The molecule has 1 atom stereocenters. The third-order valence-electron chi connectivity index (χ3n) is 6.41. The molecule has 0 spiro atoms. The summed E-state index contributed by atoms with van der Waals surface area (Å²) in [6.45, 7) is 7.11. The van der Waals surface area contributed by atoms with Crippen molar-refractivity contribution in [2.75, 3.05) is 5.32 Å². The Kier molecular flexibility index (Phi) is 6.32. The SMILES string of the molecule is CCn1cc(C(F)(F)F)nc1-c1ccc(NC2CCCn3nc(-c4c(Cl)cnn4C(C)C)cc32)cc1. The van der Waals surface area contributed by atoms with E-state index in [2.05, 4.69) is 21.5 Å². The molecule has 11 heteroatoms. The van der Waals surface area contributed by atoms with Crippen LogP contribution in [0.2, 0.25) is 5.02 Å². The average molecular weight is 518 g/mol. The summed E-state index contributed by atoms with van der Waals surface area (Å²) >= 11 is 6.45. The lowest BCUT2D eigenvalue weighted by molar-refractivity contribution is -0.140. The summed E-state index contributed by atoms with van der Waals surface area (Å²) in [5, 5.41) is 13.3. The molecular formula is C25H27ClF3N7. The Bertz CT molecular complexity index is 1370. The highest BCUT2D eigenvalue weighted by molar-refractivity contribution is 6.32. The van der Waals surface area contributed by atoms with E-state index in [1.54, 1.807) is 25.3 Å². The number of imidazole rings is 1. The topological polar surface area (TPSA) is 65.5 Å². The molecule has 1 aliphatic rings. The number of nitrogens with zero attached hydrogens (tertiary/aromatic N) is 6. The third-order valence-corrected chi connectivity index (χ3v) is 6.68. The Hall–Kier alpha value is -3.27. The standard InChI is InChI=1S/C25H27ClF3N7/c1-4-34-14-22(25(27,28)29)32-24(34)16-7-9-17(10-8-16)31-19-6-5-11-35-21(19)12-20(33-35)23-18(26)13-30-36(23)15(2)3/h7-10,12-15,19,31H,4-6,11H2,1-3H3. The van der Waals surface area contributed by atoms with Crippen molar-refractivity contribution in [3.63, 3.8) is 0 Å². The fraction of sp³-hybridized carbons (Fsp3) is 0.400. The Labute approximate surface area is 211 Å². The van der Waals surface area contributed by atoms with Crippen molar-refractivity contribution in [3.05, 3.63) is 59.1 Å². The number of fused-ring (bicyclic) bond motifs is 1. The van der Waals surface area contributed by atoms with E-state index in [0.29, 0.717) is 23.0 Å². The summed E-state index contributed by atoms with van der Waals surface area (Å²) in [6.07, 6.45) is 0.124. The number of aromatic nitrogens is 6. The Morgan fingerprint density at radius 1 is 1.19 bits per heavy atom. The molecular weight excluding hydrogens is 491 g/mol. The number of nitrogens with one attached hydrogen (secondary N) is 1. The fourth-order valence-corrected chi connectivity index (χ4v) is 4.89. The molecule has 0 bridgehead atoms. The van der Waals surface area contributed by atoms with Gasteiger partial charge in [0.1, 0.15) is 17.2 Å². The summed E-state index contributed by atoms with van der Waals surface area (Å²) < 4.78 is 44.8. The smallest absolute Gasteiger partial charge is 0.377 e. The van der Waals surface area contributed by atoms with Crippen LogP contribution in [-0.4, -0.2) is 29.1 Å². The first kappa shape index (κ1) is 24.4. The van der Waals surface area contributed by atoms with Gasteiger partial charge in [0.25, 0.3) is 0 Å². The molecule has 1 aliphatic heterocycles. The summed E-state index contributed by atoms with van der Waals surface area (Å²) in [5.74, 6) is 0.301. The summed E-state index contributed by atoms with van der Waals surface area (Å²) in [7, 11) is 0.